The van der Waals surface area contributed by atoms with Crippen LogP contribution in [0.1, 0.15) is 32.0 Å². The number of nitro groups is 1. The Kier molecular flexibility index (Phi) is 6.41. The van der Waals surface area contributed by atoms with Gasteiger partial charge in [0, 0.05) is 23.3 Å². The lowest BCUT2D eigenvalue weighted by atomic mass is 9.98. The van der Waals surface area contributed by atoms with Crippen LogP contribution in [0.25, 0.3) is 0 Å². The summed E-state index contributed by atoms with van der Waals surface area (Å²) in [7, 11) is 0. The first-order chi connectivity index (χ1) is 14.8. The molecule has 2 aromatic carbocycles. The van der Waals surface area contributed by atoms with Gasteiger partial charge in [0.1, 0.15) is 5.02 Å². The maximum Gasteiger partial charge on any atom is 0.339 e. The van der Waals surface area contributed by atoms with E-state index in [1.165, 1.54) is 42.5 Å². The third-order valence-electron chi connectivity index (χ3n) is 4.02. The number of carbonyl (C=O) groups excluding carboxylic acids is 3. The van der Waals surface area contributed by atoms with Crippen molar-refractivity contribution in [3.63, 3.8) is 0 Å². The van der Waals surface area contributed by atoms with Gasteiger partial charge in [-0.2, -0.15) is 0 Å². The van der Waals surface area contributed by atoms with Crippen molar-refractivity contribution in [2.75, 3.05) is 11.9 Å². The highest BCUT2D eigenvalue weighted by molar-refractivity contribution is 6.33. The second kappa shape index (κ2) is 9.18. The number of carbonyl (C=O) groups is 3. The van der Waals surface area contributed by atoms with E-state index in [1.807, 2.05) is 0 Å². The summed E-state index contributed by atoms with van der Waals surface area (Å²) in [6.45, 7) is 1.04. The van der Waals surface area contributed by atoms with E-state index in [2.05, 4.69) is 10.5 Å². The second-order valence-electron chi connectivity index (χ2n) is 6.25. The summed E-state index contributed by atoms with van der Waals surface area (Å²) in [6, 6.07) is 10.8. The Labute approximate surface area is 179 Å². The molecule has 158 valence electrons. The summed E-state index contributed by atoms with van der Waals surface area (Å²) in [6.07, 6.45) is 0. The van der Waals surface area contributed by atoms with Crippen LogP contribution in [0.15, 0.2) is 53.1 Å². The molecule has 1 amide bonds. The highest BCUT2D eigenvalue weighted by atomic mass is 35.5. The number of nitrogens with one attached hydrogen (secondary N) is 1. The van der Waals surface area contributed by atoms with Gasteiger partial charge in [0.2, 0.25) is 5.88 Å². The van der Waals surface area contributed by atoms with Crippen molar-refractivity contribution in [3.8, 4) is 0 Å². The molecule has 1 aromatic heterocycles. The van der Waals surface area contributed by atoms with Crippen LogP contribution < -0.4 is 5.32 Å². The van der Waals surface area contributed by atoms with Crippen LogP contribution in [0, 0.1) is 17.0 Å². The van der Waals surface area contributed by atoms with Crippen LogP contribution in [-0.4, -0.2) is 34.3 Å². The van der Waals surface area contributed by atoms with E-state index in [0.717, 1.165) is 6.07 Å². The van der Waals surface area contributed by atoms with Crippen LogP contribution >= 0.6 is 11.6 Å². The van der Waals surface area contributed by atoms with Gasteiger partial charge in [0.15, 0.2) is 12.4 Å². The van der Waals surface area contributed by atoms with Crippen molar-refractivity contribution < 1.29 is 28.6 Å². The third-order valence-corrected chi connectivity index (χ3v) is 4.34. The van der Waals surface area contributed by atoms with E-state index in [9.17, 15) is 24.5 Å². The standard InChI is InChI=1S/C20H14ClN3O7/c1-11-8-18(31-23-11)22-17(25)10-30-20(27)14-5-3-2-4-13(14)19(26)12-6-7-15(21)16(9-12)24(28)29/h2-9H,10H2,1H3,(H,22,25). The number of nitrogens with zero attached hydrogens (tertiary/aromatic N) is 2. The molecule has 0 aliphatic heterocycles. The van der Waals surface area contributed by atoms with Crippen LogP contribution in [-0.2, 0) is 9.53 Å². The van der Waals surface area contributed by atoms with Gasteiger partial charge >= 0.3 is 5.97 Å². The zero-order valence-corrected chi connectivity index (χ0v) is 16.7. The number of ketones is 1. The van der Waals surface area contributed by atoms with Crippen molar-refractivity contribution in [3.05, 3.63) is 86.1 Å². The highest BCUT2D eigenvalue weighted by Gasteiger charge is 2.22. The van der Waals surface area contributed by atoms with Crippen molar-refractivity contribution in [1.82, 2.24) is 5.16 Å². The maximum absolute atomic E-state index is 12.9. The highest BCUT2D eigenvalue weighted by Crippen LogP contribution is 2.27. The minimum atomic E-state index is -0.920. The fourth-order valence-corrected chi connectivity index (χ4v) is 2.80. The van der Waals surface area contributed by atoms with E-state index in [-0.39, 0.29) is 27.6 Å². The quantitative estimate of drug-likeness (QED) is 0.253. The number of hydrogen-bond donors (Lipinski definition) is 1. The lowest BCUT2D eigenvalue weighted by Gasteiger charge is -2.09. The number of halogens is 1. The smallest absolute Gasteiger partial charge is 0.339 e. The fourth-order valence-electron chi connectivity index (χ4n) is 2.61. The van der Waals surface area contributed by atoms with Crippen LogP contribution in [0.3, 0.4) is 0 Å². The molecule has 0 unspecified atom stereocenters. The number of esters is 1. The number of ether oxygens (including phenoxy) is 1. The van der Waals surface area contributed by atoms with E-state index in [0.29, 0.717) is 5.69 Å². The van der Waals surface area contributed by atoms with Crippen LogP contribution in [0.5, 0.6) is 0 Å². The summed E-state index contributed by atoms with van der Waals surface area (Å²) >= 11 is 5.78. The van der Waals surface area contributed by atoms with E-state index in [1.54, 1.807) is 6.92 Å². The lowest BCUT2D eigenvalue weighted by Crippen LogP contribution is -2.21. The lowest BCUT2D eigenvalue weighted by molar-refractivity contribution is -0.384. The molecule has 11 heteroatoms. The van der Waals surface area contributed by atoms with Gasteiger partial charge in [0.05, 0.1) is 16.2 Å². The first kappa shape index (κ1) is 21.7. The summed E-state index contributed by atoms with van der Waals surface area (Å²) in [5.41, 5.74) is -0.0624. The van der Waals surface area contributed by atoms with E-state index < -0.39 is 34.9 Å². The molecule has 0 fully saturated rings. The van der Waals surface area contributed by atoms with Gasteiger partial charge in [-0.05, 0) is 25.1 Å². The number of aryl methyl sites for hydroxylation is 1. The molecule has 10 nitrogen and oxygen atoms in total. The molecule has 31 heavy (non-hydrogen) atoms. The Morgan fingerprint density at radius 2 is 1.87 bits per heavy atom. The SMILES string of the molecule is Cc1cc(NC(=O)COC(=O)c2ccccc2C(=O)c2ccc(Cl)c([N+](=O)[O-])c2)on1. The minimum absolute atomic E-state index is 0.0326. The summed E-state index contributed by atoms with van der Waals surface area (Å²) in [5.74, 6) is -2.13. The van der Waals surface area contributed by atoms with Gasteiger partial charge in [-0.25, -0.2) is 4.79 Å². The van der Waals surface area contributed by atoms with E-state index in [4.69, 9.17) is 20.9 Å². The first-order valence-corrected chi connectivity index (χ1v) is 9.12. The molecule has 0 aliphatic rings. The molecule has 0 saturated heterocycles. The number of nitro benzene ring substituents is 1. The number of hydrogen-bond acceptors (Lipinski definition) is 8. The second-order valence-corrected chi connectivity index (χ2v) is 6.66. The zero-order valence-electron chi connectivity index (χ0n) is 16.0. The number of benzene rings is 2. The average Bonchev–Trinajstić information content (AvgIpc) is 3.16. The Bertz CT molecular complexity index is 1190. The number of amides is 1. The Balaban J connectivity index is 1.75. The monoisotopic (exact) mass is 443 g/mol. The number of anilines is 1. The molecule has 0 spiro atoms. The average molecular weight is 444 g/mol. The number of rotatable bonds is 7. The topological polar surface area (TPSA) is 142 Å². The van der Waals surface area contributed by atoms with Gasteiger partial charge < -0.3 is 9.26 Å². The predicted octanol–water partition coefficient (Wildman–Crippen LogP) is 3.57. The Hall–Kier alpha value is -4.05. The van der Waals surface area contributed by atoms with Crippen molar-refractivity contribution in [1.29, 1.82) is 0 Å². The molecule has 0 radical (unpaired) electrons. The number of aromatic nitrogens is 1. The zero-order chi connectivity index (χ0) is 22.5. The predicted molar refractivity (Wildman–Crippen MR) is 108 cm³/mol. The normalized spacial score (nSPS) is 10.4. The molecule has 3 aromatic rings. The van der Waals surface area contributed by atoms with Crippen LogP contribution in [0.4, 0.5) is 11.6 Å². The third kappa shape index (κ3) is 5.11. The molecule has 0 atom stereocenters. The molecule has 1 N–H and O–H groups in total. The fraction of sp³-hybridized carbons (Fsp3) is 0.100. The van der Waals surface area contributed by atoms with Crippen molar-refractivity contribution >= 4 is 40.8 Å². The van der Waals surface area contributed by atoms with Gasteiger partial charge in [-0.15, -0.1) is 0 Å². The molecule has 3 rings (SSSR count). The first-order valence-electron chi connectivity index (χ1n) is 8.74. The van der Waals surface area contributed by atoms with Gasteiger partial charge in [-0.1, -0.05) is 35.0 Å². The Morgan fingerprint density at radius 3 is 2.52 bits per heavy atom. The van der Waals surface area contributed by atoms with E-state index >= 15 is 0 Å². The van der Waals surface area contributed by atoms with Crippen molar-refractivity contribution in [2.45, 2.75) is 6.92 Å². The molecule has 0 saturated carbocycles. The molecule has 0 bridgehead atoms. The summed E-state index contributed by atoms with van der Waals surface area (Å²) < 4.78 is 9.82. The largest absolute Gasteiger partial charge is 0.452 e. The molecule has 1 heterocycles. The molecule has 0 aliphatic carbocycles. The summed E-state index contributed by atoms with van der Waals surface area (Å²) in [4.78, 5) is 47.6. The molecular weight excluding hydrogens is 430 g/mol. The molecular formula is C20H14ClN3O7. The van der Waals surface area contributed by atoms with Crippen LogP contribution in [0.2, 0.25) is 5.02 Å². The Morgan fingerprint density at radius 1 is 1.16 bits per heavy atom. The van der Waals surface area contributed by atoms with Gasteiger partial charge in [0.25, 0.3) is 11.6 Å². The maximum atomic E-state index is 12.9. The minimum Gasteiger partial charge on any atom is -0.452 e. The van der Waals surface area contributed by atoms with Gasteiger partial charge in [-0.3, -0.25) is 25.0 Å². The van der Waals surface area contributed by atoms with Crippen molar-refractivity contribution in [2.24, 2.45) is 0 Å². The summed E-state index contributed by atoms with van der Waals surface area (Å²) in [5, 5.41) is 16.9.